The number of nitrogens with zero attached hydrogens (tertiary/aromatic N) is 2. The third kappa shape index (κ3) is 2.46. The summed E-state index contributed by atoms with van der Waals surface area (Å²) >= 11 is 0. The summed E-state index contributed by atoms with van der Waals surface area (Å²) < 4.78 is 6.12. The summed E-state index contributed by atoms with van der Waals surface area (Å²) in [5, 5.41) is 9.37. The average molecular weight is 356 g/mol. The standard InChI is InChI=1S/C18H16N2O6/c1-2-26-17(25)18(11-14(21)22)16(24)20(12-7-4-3-5-8-12)15(23)13-9-6-10-19(13)18/h3-10H,2,11H2,1H3,(H,21,22). The molecule has 1 unspecified atom stereocenters. The zero-order chi connectivity index (χ0) is 18.9. The Morgan fingerprint density at radius 2 is 1.81 bits per heavy atom. The van der Waals surface area contributed by atoms with Gasteiger partial charge in [-0.25, -0.2) is 9.69 Å². The molecule has 8 nitrogen and oxygen atoms in total. The number of carbonyl (C=O) groups excluding carboxylic acids is 3. The number of para-hydroxylation sites is 1. The van der Waals surface area contributed by atoms with Crippen LogP contribution >= 0.6 is 0 Å². The van der Waals surface area contributed by atoms with Crippen LogP contribution in [0.1, 0.15) is 23.8 Å². The highest BCUT2D eigenvalue weighted by Gasteiger charge is 2.58. The largest absolute Gasteiger partial charge is 0.481 e. The number of hydrogen-bond donors (Lipinski definition) is 1. The first-order valence-corrected chi connectivity index (χ1v) is 7.94. The second kappa shape index (κ2) is 6.47. The van der Waals surface area contributed by atoms with Crippen LogP contribution in [0.2, 0.25) is 0 Å². The Hall–Kier alpha value is -3.42. The van der Waals surface area contributed by atoms with Crippen LogP contribution < -0.4 is 4.90 Å². The van der Waals surface area contributed by atoms with Crippen molar-refractivity contribution in [1.82, 2.24) is 4.57 Å². The van der Waals surface area contributed by atoms with E-state index < -0.39 is 35.7 Å². The number of ether oxygens (including phenoxy) is 1. The summed E-state index contributed by atoms with van der Waals surface area (Å²) in [5.74, 6) is -3.98. The fourth-order valence-electron chi connectivity index (χ4n) is 3.08. The van der Waals surface area contributed by atoms with Crippen LogP contribution in [-0.4, -0.2) is 40.0 Å². The van der Waals surface area contributed by atoms with Gasteiger partial charge in [-0.05, 0) is 31.2 Å². The summed E-state index contributed by atoms with van der Waals surface area (Å²) in [6.07, 6.45) is 0.496. The first-order chi connectivity index (χ1) is 12.4. The monoisotopic (exact) mass is 356 g/mol. The molecule has 1 aromatic heterocycles. The zero-order valence-corrected chi connectivity index (χ0v) is 13.9. The lowest BCUT2D eigenvalue weighted by molar-refractivity contribution is -0.163. The van der Waals surface area contributed by atoms with Crippen molar-refractivity contribution < 1.29 is 29.0 Å². The fraction of sp³-hybridized carbons (Fsp3) is 0.222. The number of rotatable bonds is 5. The van der Waals surface area contributed by atoms with E-state index in [4.69, 9.17) is 4.74 Å². The molecule has 0 bridgehead atoms. The van der Waals surface area contributed by atoms with Crippen LogP contribution in [0.3, 0.4) is 0 Å². The fourth-order valence-corrected chi connectivity index (χ4v) is 3.08. The summed E-state index contributed by atoms with van der Waals surface area (Å²) in [7, 11) is 0. The normalized spacial score (nSPS) is 19.2. The quantitative estimate of drug-likeness (QED) is 0.493. The minimum Gasteiger partial charge on any atom is -0.481 e. The van der Waals surface area contributed by atoms with Crippen molar-refractivity contribution >= 4 is 29.4 Å². The molecule has 2 aromatic rings. The van der Waals surface area contributed by atoms with Crippen molar-refractivity contribution in [2.45, 2.75) is 18.9 Å². The van der Waals surface area contributed by atoms with Gasteiger partial charge in [0.2, 0.25) is 5.54 Å². The minimum absolute atomic E-state index is 0.0303. The molecule has 2 amide bonds. The van der Waals surface area contributed by atoms with Crippen molar-refractivity contribution in [2.75, 3.05) is 11.5 Å². The summed E-state index contributed by atoms with van der Waals surface area (Å²) in [6, 6.07) is 10.9. The molecule has 2 heterocycles. The lowest BCUT2D eigenvalue weighted by atomic mass is 9.89. The zero-order valence-electron chi connectivity index (χ0n) is 13.9. The molecule has 0 saturated carbocycles. The molecule has 0 fully saturated rings. The second-order valence-corrected chi connectivity index (χ2v) is 5.70. The van der Waals surface area contributed by atoms with Gasteiger partial charge >= 0.3 is 11.9 Å². The number of hydrogen-bond acceptors (Lipinski definition) is 5. The third-order valence-corrected chi connectivity index (χ3v) is 4.17. The number of aliphatic carboxylic acids is 1. The van der Waals surface area contributed by atoms with Gasteiger partial charge in [-0.2, -0.15) is 0 Å². The number of benzene rings is 1. The smallest absolute Gasteiger partial charge is 0.342 e. The second-order valence-electron chi connectivity index (χ2n) is 5.70. The Bertz CT molecular complexity index is 888. The molecule has 3 rings (SSSR count). The van der Waals surface area contributed by atoms with E-state index in [1.807, 2.05) is 0 Å². The van der Waals surface area contributed by atoms with E-state index in [2.05, 4.69) is 0 Å². The molecule has 1 atom stereocenters. The third-order valence-electron chi connectivity index (χ3n) is 4.17. The van der Waals surface area contributed by atoms with Crippen LogP contribution in [0.15, 0.2) is 48.7 Å². The van der Waals surface area contributed by atoms with E-state index in [9.17, 15) is 24.3 Å². The Labute approximate surface area is 148 Å². The number of esters is 1. The lowest BCUT2D eigenvalue weighted by Gasteiger charge is -2.39. The van der Waals surface area contributed by atoms with Crippen LogP contribution in [0.5, 0.6) is 0 Å². The maximum atomic E-state index is 13.3. The number of fused-ring (bicyclic) bond motifs is 1. The molecule has 1 N–H and O–H groups in total. The van der Waals surface area contributed by atoms with Crippen LogP contribution in [0, 0.1) is 0 Å². The van der Waals surface area contributed by atoms with E-state index in [1.165, 1.54) is 30.5 Å². The average Bonchev–Trinajstić information content (AvgIpc) is 3.10. The highest BCUT2D eigenvalue weighted by atomic mass is 16.5. The minimum atomic E-state index is -2.19. The number of amides is 2. The highest BCUT2D eigenvalue weighted by Crippen LogP contribution is 2.36. The molecule has 134 valence electrons. The van der Waals surface area contributed by atoms with Crippen molar-refractivity contribution in [3.05, 3.63) is 54.4 Å². The number of aromatic nitrogens is 1. The van der Waals surface area contributed by atoms with E-state index in [0.29, 0.717) is 0 Å². The van der Waals surface area contributed by atoms with Crippen LogP contribution in [0.4, 0.5) is 5.69 Å². The molecule has 0 spiro atoms. The molecular formula is C18H16N2O6. The van der Waals surface area contributed by atoms with Crippen LogP contribution in [-0.2, 0) is 24.7 Å². The lowest BCUT2D eigenvalue weighted by Crippen LogP contribution is -2.63. The Kier molecular flexibility index (Phi) is 4.33. The number of anilines is 1. The Morgan fingerprint density at radius 1 is 1.12 bits per heavy atom. The Balaban J connectivity index is 2.27. The van der Waals surface area contributed by atoms with Gasteiger partial charge in [0.1, 0.15) is 5.69 Å². The Morgan fingerprint density at radius 3 is 2.42 bits per heavy atom. The molecular weight excluding hydrogens is 340 g/mol. The van der Waals surface area contributed by atoms with Crippen molar-refractivity contribution in [3.63, 3.8) is 0 Å². The summed E-state index contributed by atoms with van der Waals surface area (Å²) in [6.45, 7) is 1.51. The van der Waals surface area contributed by atoms with E-state index in [-0.39, 0.29) is 18.0 Å². The molecule has 1 aromatic carbocycles. The summed E-state index contributed by atoms with van der Waals surface area (Å²) in [5.41, 5.74) is -1.92. The highest BCUT2D eigenvalue weighted by molar-refractivity contribution is 6.29. The maximum absolute atomic E-state index is 13.3. The van der Waals surface area contributed by atoms with Gasteiger partial charge in [-0.15, -0.1) is 0 Å². The van der Waals surface area contributed by atoms with Crippen molar-refractivity contribution in [1.29, 1.82) is 0 Å². The molecule has 26 heavy (non-hydrogen) atoms. The first-order valence-electron chi connectivity index (χ1n) is 7.94. The molecule has 0 radical (unpaired) electrons. The summed E-state index contributed by atoms with van der Waals surface area (Å²) in [4.78, 5) is 51.2. The van der Waals surface area contributed by atoms with Gasteiger partial charge in [-0.1, -0.05) is 18.2 Å². The maximum Gasteiger partial charge on any atom is 0.342 e. The van der Waals surface area contributed by atoms with Gasteiger partial charge in [-0.3, -0.25) is 14.4 Å². The molecule has 8 heteroatoms. The molecule has 1 aliphatic heterocycles. The van der Waals surface area contributed by atoms with E-state index in [1.54, 1.807) is 25.1 Å². The van der Waals surface area contributed by atoms with Gasteiger partial charge in [0, 0.05) is 6.20 Å². The molecule has 1 aliphatic rings. The van der Waals surface area contributed by atoms with Crippen LogP contribution in [0.25, 0.3) is 0 Å². The number of carboxylic acids is 1. The molecule has 0 aliphatic carbocycles. The number of carbonyl (C=O) groups is 4. The van der Waals surface area contributed by atoms with Crippen molar-refractivity contribution in [2.24, 2.45) is 0 Å². The van der Waals surface area contributed by atoms with Crippen molar-refractivity contribution in [3.8, 4) is 0 Å². The predicted octanol–water partition coefficient (Wildman–Crippen LogP) is 1.41. The van der Waals surface area contributed by atoms with Gasteiger partial charge in [0.15, 0.2) is 0 Å². The number of imide groups is 1. The molecule has 0 saturated heterocycles. The van der Waals surface area contributed by atoms with Gasteiger partial charge in [0.05, 0.1) is 18.7 Å². The SMILES string of the molecule is CCOC(=O)C1(CC(=O)O)C(=O)N(c2ccccc2)C(=O)c2cccn21. The number of carboxylic acid groups (broad SMARTS) is 1. The first kappa shape index (κ1) is 17.4. The predicted molar refractivity (Wildman–Crippen MR) is 89.6 cm³/mol. The van der Waals surface area contributed by atoms with E-state index in [0.717, 1.165) is 9.47 Å². The van der Waals surface area contributed by atoms with Gasteiger partial charge < -0.3 is 14.4 Å². The van der Waals surface area contributed by atoms with E-state index >= 15 is 0 Å². The topological polar surface area (TPSA) is 106 Å². The van der Waals surface area contributed by atoms with Gasteiger partial charge in [0.25, 0.3) is 11.8 Å².